The minimum absolute atomic E-state index is 0.0553. The number of phenols is 1. The number of rotatable bonds is 7. The van der Waals surface area contributed by atoms with E-state index in [1.807, 2.05) is 43.3 Å². The second-order valence-electron chi connectivity index (χ2n) is 8.78. The third kappa shape index (κ3) is 4.32. The maximum absolute atomic E-state index is 13.6. The summed E-state index contributed by atoms with van der Waals surface area (Å²) in [6.45, 7) is 4.47. The monoisotopic (exact) mass is 509 g/mol. The summed E-state index contributed by atoms with van der Waals surface area (Å²) in [7, 11) is 0. The number of Topliss-reactive ketones (excluding diaryl/α,β-unsaturated/α-hetero) is 1. The first-order chi connectivity index (χ1) is 18.4. The van der Waals surface area contributed by atoms with E-state index in [2.05, 4.69) is 0 Å². The second kappa shape index (κ2) is 10.3. The molecule has 2 N–H and O–H groups in total. The SMILES string of the molecule is CCOc1ccc(/C(O)=C2\C(=O)C(=O)N(c3cccc4ccccc34)C2c2ccc(O)c(OCC)c2)cc1. The third-order valence-corrected chi connectivity index (χ3v) is 6.51. The predicted octanol–water partition coefficient (Wildman–Crippen LogP) is 5.97. The Kier molecular flexibility index (Phi) is 6.75. The van der Waals surface area contributed by atoms with Gasteiger partial charge in [0.2, 0.25) is 0 Å². The Bertz CT molecular complexity index is 1550. The number of ether oxygens (including phenoxy) is 2. The Hall–Kier alpha value is -4.78. The molecular formula is C31H27NO6. The summed E-state index contributed by atoms with van der Waals surface area (Å²) in [6, 6.07) is 23.5. The highest BCUT2D eigenvalue weighted by Gasteiger charge is 2.47. The zero-order valence-corrected chi connectivity index (χ0v) is 21.0. The average Bonchev–Trinajstić information content (AvgIpc) is 3.20. The fourth-order valence-corrected chi connectivity index (χ4v) is 4.82. The van der Waals surface area contributed by atoms with Crippen molar-refractivity contribution in [1.29, 1.82) is 0 Å². The Morgan fingerprint density at radius 1 is 0.868 bits per heavy atom. The summed E-state index contributed by atoms with van der Waals surface area (Å²) in [6.07, 6.45) is 0. The molecule has 0 bridgehead atoms. The Morgan fingerprint density at radius 2 is 1.58 bits per heavy atom. The molecule has 1 aliphatic rings. The van der Waals surface area contributed by atoms with Gasteiger partial charge in [0, 0.05) is 10.9 Å². The molecule has 192 valence electrons. The van der Waals surface area contributed by atoms with E-state index in [4.69, 9.17) is 9.47 Å². The standard InChI is InChI=1S/C31H27NO6/c1-3-37-22-15-12-20(13-16-22)29(34)27-28(21-14-17-25(33)26(18-21)38-4-2)32(31(36)30(27)35)24-11-7-9-19-8-5-6-10-23(19)24/h5-18,28,33-34H,3-4H2,1-2H3/b29-27+. The number of carbonyl (C=O) groups excluding carboxylic acids is 2. The van der Waals surface area contributed by atoms with Gasteiger partial charge in [-0.1, -0.05) is 42.5 Å². The van der Waals surface area contributed by atoms with E-state index >= 15 is 0 Å². The van der Waals surface area contributed by atoms with Crippen molar-refractivity contribution in [2.75, 3.05) is 18.1 Å². The van der Waals surface area contributed by atoms with Crippen LogP contribution >= 0.6 is 0 Å². The number of fused-ring (bicyclic) bond motifs is 1. The number of nitrogens with zero attached hydrogens (tertiary/aromatic N) is 1. The van der Waals surface area contributed by atoms with Crippen LogP contribution in [0.2, 0.25) is 0 Å². The fraction of sp³-hybridized carbons (Fsp3) is 0.161. The van der Waals surface area contributed by atoms with Crippen LogP contribution < -0.4 is 14.4 Å². The number of amides is 1. The first-order valence-corrected chi connectivity index (χ1v) is 12.4. The Morgan fingerprint density at radius 3 is 2.32 bits per heavy atom. The van der Waals surface area contributed by atoms with Gasteiger partial charge < -0.3 is 19.7 Å². The third-order valence-electron chi connectivity index (χ3n) is 6.51. The number of ketones is 1. The number of phenolic OH excluding ortho intramolecular Hbond substituents is 1. The summed E-state index contributed by atoms with van der Waals surface area (Å²) >= 11 is 0. The molecule has 4 aromatic rings. The van der Waals surface area contributed by atoms with Crippen LogP contribution in [0.15, 0.2) is 90.5 Å². The van der Waals surface area contributed by atoms with Crippen molar-refractivity contribution in [3.05, 3.63) is 102 Å². The van der Waals surface area contributed by atoms with Crippen LogP contribution in [0.25, 0.3) is 16.5 Å². The number of anilines is 1. The first kappa shape index (κ1) is 24.9. The lowest BCUT2D eigenvalue weighted by Crippen LogP contribution is -2.29. The molecule has 0 spiro atoms. The largest absolute Gasteiger partial charge is 0.507 e. The van der Waals surface area contributed by atoms with Crippen molar-refractivity contribution in [1.82, 2.24) is 0 Å². The van der Waals surface area contributed by atoms with Crippen molar-refractivity contribution in [3.63, 3.8) is 0 Å². The number of benzene rings is 4. The number of aromatic hydroxyl groups is 1. The summed E-state index contributed by atoms with van der Waals surface area (Å²) in [5.41, 5.74) is 1.36. The van der Waals surface area contributed by atoms with Gasteiger partial charge in [0.25, 0.3) is 11.7 Å². The van der Waals surface area contributed by atoms with Crippen molar-refractivity contribution < 1.29 is 29.3 Å². The van der Waals surface area contributed by atoms with Crippen molar-refractivity contribution in [2.24, 2.45) is 0 Å². The maximum atomic E-state index is 13.6. The molecular weight excluding hydrogens is 482 g/mol. The number of hydrogen-bond donors (Lipinski definition) is 2. The lowest BCUT2D eigenvalue weighted by atomic mass is 9.94. The van der Waals surface area contributed by atoms with E-state index in [9.17, 15) is 19.8 Å². The van der Waals surface area contributed by atoms with E-state index in [0.717, 1.165) is 10.8 Å². The molecule has 7 nitrogen and oxygen atoms in total. The zero-order chi connectivity index (χ0) is 26.8. The molecule has 1 heterocycles. The molecule has 0 aliphatic carbocycles. The minimum atomic E-state index is -0.966. The summed E-state index contributed by atoms with van der Waals surface area (Å²) in [5, 5.41) is 23.4. The van der Waals surface area contributed by atoms with E-state index in [0.29, 0.717) is 35.8 Å². The smallest absolute Gasteiger partial charge is 0.300 e. The molecule has 38 heavy (non-hydrogen) atoms. The topological polar surface area (TPSA) is 96.3 Å². The van der Waals surface area contributed by atoms with Gasteiger partial charge in [-0.05, 0) is 67.3 Å². The molecule has 0 aromatic heterocycles. The predicted molar refractivity (Wildman–Crippen MR) is 146 cm³/mol. The molecule has 0 saturated carbocycles. The normalized spacial score (nSPS) is 16.7. The maximum Gasteiger partial charge on any atom is 0.300 e. The van der Waals surface area contributed by atoms with Gasteiger partial charge in [-0.25, -0.2) is 0 Å². The summed E-state index contributed by atoms with van der Waals surface area (Å²) in [4.78, 5) is 28.6. The van der Waals surface area contributed by atoms with Gasteiger partial charge >= 0.3 is 0 Å². The fourth-order valence-electron chi connectivity index (χ4n) is 4.82. The highest BCUT2D eigenvalue weighted by molar-refractivity contribution is 6.52. The van der Waals surface area contributed by atoms with Gasteiger partial charge in [0.15, 0.2) is 11.5 Å². The van der Waals surface area contributed by atoms with Crippen LogP contribution in [0.3, 0.4) is 0 Å². The number of aliphatic hydroxyl groups excluding tert-OH is 1. The first-order valence-electron chi connectivity index (χ1n) is 12.4. The van der Waals surface area contributed by atoms with Gasteiger partial charge in [0.1, 0.15) is 11.5 Å². The van der Waals surface area contributed by atoms with Crippen LogP contribution in [0.1, 0.15) is 31.0 Å². The Balaban J connectivity index is 1.74. The number of hydrogen-bond acceptors (Lipinski definition) is 6. The van der Waals surface area contributed by atoms with Crippen LogP contribution in [-0.4, -0.2) is 35.1 Å². The highest BCUT2D eigenvalue weighted by Crippen LogP contribution is 2.45. The van der Waals surface area contributed by atoms with Crippen molar-refractivity contribution >= 4 is 33.9 Å². The molecule has 1 fully saturated rings. The van der Waals surface area contributed by atoms with Gasteiger partial charge in [-0.3, -0.25) is 14.5 Å². The van der Waals surface area contributed by atoms with Gasteiger partial charge in [-0.15, -0.1) is 0 Å². The number of aliphatic hydroxyl groups is 1. The van der Waals surface area contributed by atoms with Crippen molar-refractivity contribution in [3.8, 4) is 17.2 Å². The number of carbonyl (C=O) groups is 2. The van der Waals surface area contributed by atoms with Gasteiger partial charge in [0.05, 0.1) is 30.5 Å². The van der Waals surface area contributed by atoms with E-state index in [-0.39, 0.29) is 22.8 Å². The molecule has 4 aromatic carbocycles. The van der Waals surface area contributed by atoms with Crippen molar-refractivity contribution in [2.45, 2.75) is 19.9 Å². The highest BCUT2D eigenvalue weighted by atomic mass is 16.5. The minimum Gasteiger partial charge on any atom is -0.507 e. The van der Waals surface area contributed by atoms with Crippen LogP contribution in [0.5, 0.6) is 17.2 Å². The quantitative estimate of drug-likeness (QED) is 0.181. The molecule has 7 heteroatoms. The van der Waals surface area contributed by atoms with E-state index in [1.165, 1.54) is 11.0 Å². The Labute approximate surface area is 220 Å². The average molecular weight is 510 g/mol. The molecule has 1 atom stereocenters. The van der Waals surface area contributed by atoms with Gasteiger partial charge in [-0.2, -0.15) is 0 Å². The molecule has 1 unspecified atom stereocenters. The molecule has 0 radical (unpaired) electrons. The summed E-state index contributed by atoms with van der Waals surface area (Å²) < 4.78 is 11.1. The van der Waals surface area contributed by atoms with Crippen LogP contribution in [-0.2, 0) is 9.59 Å². The molecule has 1 saturated heterocycles. The van der Waals surface area contributed by atoms with Crippen LogP contribution in [0, 0.1) is 0 Å². The zero-order valence-electron chi connectivity index (χ0n) is 21.0. The van der Waals surface area contributed by atoms with E-state index < -0.39 is 17.7 Å². The van der Waals surface area contributed by atoms with E-state index in [1.54, 1.807) is 49.4 Å². The molecule has 1 aliphatic heterocycles. The summed E-state index contributed by atoms with van der Waals surface area (Å²) in [5.74, 6) is -1.09. The molecule has 1 amide bonds. The molecule has 5 rings (SSSR count). The second-order valence-corrected chi connectivity index (χ2v) is 8.78. The van der Waals surface area contributed by atoms with Crippen LogP contribution in [0.4, 0.5) is 5.69 Å². The lowest BCUT2D eigenvalue weighted by Gasteiger charge is -2.27. The lowest BCUT2D eigenvalue weighted by molar-refractivity contribution is -0.132.